The third-order valence-corrected chi connectivity index (χ3v) is 4.87. The van der Waals surface area contributed by atoms with Crippen molar-refractivity contribution in [3.05, 3.63) is 46.8 Å². The molecule has 3 N–H and O–H groups in total. The van der Waals surface area contributed by atoms with Crippen LogP contribution in [0.2, 0.25) is 0 Å². The summed E-state index contributed by atoms with van der Waals surface area (Å²) in [5, 5.41) is 19.4. The van der Waals surface area contributed by atoms with Gasteiger partial charge in [0.15, 0.2) is 5.69 Å². The minimum atomic E-state index is -1.09. The number of carbonyl (C=O) groups excluding carboxylic acids is 1. The molecule has 2 aromatic rings. The number of carboxylic acid groups (broad SMARTS) is 1. The van der Waals surface area contributed by atoms with Gasteiger partial charge in [0.05, 0.1) is 19.1 Å². The van der Waals surface area contributed by atoms with Gasteiger partial charge in [-0.3, -0.25) is 14.7 Å². The van der Waals surface area contributed by atoms with Crippen LogP contribution in [0.1, 0.15) is 53.5 Å². The Kier molecular flexibility index (Phi) is 4.97. The molecule has 1 atom stereocenters. The van der Waals surface area contributed by atoms with E-state index in [-0.39, 0.29) is 12.3 Å². The third kappa shape index (κ3) is 3.56. The summed E-state index contributed by atoms with van der Waals surface area (Å²) < 4.78 is 5.23. The number of ether oxygens (including phenoxy) is 1. The van der Waals surface area contributed by atoms with E-state index < -0.39 is 11.5 Å². The van der Waals surface area contributed by atoms with Crippen LogP contribution < -0.4 is 10.1 Å². The topological polar surface area (TPSA) is 104 Å². The number of methoxy groups -OCH3 is 1. The van der Waals surface area contributed by atoms with Crippen molar-refractivity contribution in [3.8, 4) is 5.75 Å². The molecule has 26 heavy (non-hydrogen) atoms. The lowest BCUT2D eigenvalue weighted by atomic mass is 9.87. The molecule has 1 heterocycles. The molecule has 1 aromatic carbocycles. The summed E-state index contributed by atoms with van der Waals surface area (Å²) in [6, 6.07) is 7.07. The van der Waals surface area contributed by atoms with E-state index in [9.17, 15) is 14.7 Å². The summed E-state index contributed by atoms with van der Waals surface area (Å²) in [7, 11) is 1.54. The van der Waals surface area contributed by atoms with Gasteiger partial charge in [0.25, 0.3) is 5.91 Å². The molecule has 138 valence electrons. The highest BCUT2D eigenvalue weighted by Gasteiger charge is 2.34. The maximum atomic E-state index is 12.9. The average Bonchev–Trinajstić information content (AvgIpc) is 3.05. The fraction of sp³-hybridized carbons (Fsp3) is 0.421. The lowest BCUT2D eigenvalue weighted by Gasteiger charge is -2.30. The van der Waals surface area contributed by atoms with E-state index in [1.54, 1.807) is 38.3 Å². The number of amides is 1. The van der Waals surface area contributed by atoms with E-state index in [2.05, 4.69) is 15.5 Å². The first-order valence-electron chi connectivity index (χ1n) is 8.68. The molecule has 1 aliphatic carbocycles. The van der Waals surface area contributed by atoms with E-state index in [1.807, 2.05) is 0 Å². The van der Waals surface area contributed by atoms with E-state index in [0.717, 1.165) is 36.9 Å². The molecule has 1 amide bonds. The third-order valence-electron chi connectivity index (χ3n) is 4.87. The summed E-state index contributed by atoms with van der Waals surface area (Å²) in [5.41, 5.74) is 1.88. The van der Waals surface area contributed by atoms with Crippen molar-refractivity contribution in [2.75, 3.05) is 7.11 Å². The molecule has 0 fully saturated rings. The number of rotatable bonds is 6. The lowest BCUT2D eigenvalue weighted by molar-refractivity contribution is -0.138. The Balaban J connectivity index is 1.92. The number of fused-ring (bicyclic) bond motifs is 1. The van der Waals surface area contributed by atoms with Crippen molar-refractivity contribution >= 4 is 11.9 Å². The molecule has 7 heteroatoms. The van der Waals surface area contributed by atoms with Crippen LogP contribution in [0.3, 0.4) is 0 Å². The largest absolute Gasteiger partial charge is 0.497 e. The van der Waals surface area contributed by atoms with Crippen molar-refractivity contribution in [3.63, 3.8) is 0 Å². The Morgan fingerprint density at radius 3 is 2.85 bits per heavy atom. The van der Waals surface area contributed by atoms with Crippen molar-refractivity contribution in [2.24, 2.45) is 0 Å². The van der Waals surface area contributed by atoms with Crippen LogP contribution in [0.15, 0.2) is 24.3 Å². The highest BCUT2D eigenvalue weighted by atomic mass is 16.5. The number of benzene rings is 1. The molecule has 7 nitrogen and oxygen atoms in total. The minimum absolute atomic E-state index is 0.251. The predicted octanol–water partition coefficient (Wildman–Crippen LogP) is 2.42. The monoisotopic (exact) mass is 357 g/mol. The number of H-pyrrole nitrogens is 1. The highest BCUT2D eigenvalue weighted by molar-refractivity contribution is 5.95. The number of hydrogen-bond acceptors (Lipinski definition) is 4. The number of aryl methyl sites for hydroxylation is 1. The zero-order chi connectivity index (χ0) is 18.7. The molecular weight excluding hydrogens is 334 g/mol. The van der Waals surface area contributed by atoms with Gasteiger partial charge in [0.1, 0.15) is 5.75 Å². The van der Waals surface area contributed by atoms with Crippen LogP contribution in [-0.4, -0.2) is 34.3 Å². The molecule has 0 radical (unpaired) electrons. The Hall–Kier alpha value is -2.83. The van der Waals surface area contributed by atoms with Crippen LogP contribution in [-0.2, 0) is 23.2 Å². The number of aliphatic carboxylic acids is 1. The SMILES string of the molecule is COc1cccc(C(C)(CC(=O)O)NC(=O)c2n[nH]c3c2CCCC3)c1. The van der Waals surface area contributed by atoms with Crippen LogP contribution in [0, 0.1) is 0 Å². The van der Waals surface area contributed by atoms with Gasteiger partial charge >= 0.3 is 5.97 Å². The van der Waals surface area contributed by atoms with Crippen molar-refractivity contribution in [1.29, 1.82) is 0 Å². The van der Waals surface area contributed by atoms with Crippen molar-refractivity contribution in [2.45, 2.75) is 44.6 Å². The number of aromatic amines is 1. The summed E-state index contributed by atoms with van der Waals surface area (Å²) in [6.45, 7) is 1.70. The normalized spacial score (nSPS) is 15.6. The first kappa shape index (κ1) is 18.0. The Morgan fingerprint density at radius 1 is 1.35 bits per heavy atom. The quantitative estimate of drug-likeness (QED) is 0.736. The summed E-state index contributed by atoms with van der Waals surface area (Å²) in [5.74, 6) is -0.763. The number of carboxylic acids is 1. The number of hydrogen-bond donors (Lipinski definition) is 3. The predicted molar refractivity (Wildman–Crippen MR) is 95.3 cm³/mol. The molecule has 0 saturated carbocycles. The fourth-order valence-electron chi connectivity index (χ4n) is 3.47. The summed E-state index contributed by atoms with van der Waals surface area (Å²) in [4.78, 5) is 24.3. The van der Waals surface area contributed by atoms with E-state index in [4.69, 9.17) is 4.74 Å². The smallest absolute Gasteiger partial charge is 0.306 e. The number of nitrogens with one attached hydrogen (secondary N) is 2. The average molecular weight is 357 g/mol. The maximum absolute atomic E-state index is 12.9. The van der Waals surface area contributed by atoms with Gasteiger partial charge in [-0.1, -0.05) is 12.1 Å². The number of nitrogens with zero attached hydrogens (tertiary/aromatic N) is 1. The second-order valence-corrected chi connectivity index (χ2v) is 6.83. The summed E-state index contributed by atoms with van der Waals surface area (Å²) >= 11 is 0. The Bertz CT molecular complexity index is 830. The highest BCUT2D eigenvalue weighted by Crippen LogP contribution is 2.29. The van der Waals surface area contributed by atoms with Crippen LogP contribution in [0.25, 0.3) is 0 Å². The van der Waals surface area contributed by atoms with Gasteiger partial charge in [-0.25, -0.2) is 0 Å². The molecule has 1 aromatic heterocycles. The lowest BCUT2D eigenvalue weighted by Crippen LogP contribution is -2.45. The van der Waals surface area contributed by atoms with Gasteiger partial charge < -0.3 is 15.2 Å². The molecule has 0 saturated heterocycles. The van der Waals surface area contributed by atoms with Crippen molar-refractivity contribution < 1.29 is 19.4 Å². The molecule has 3 rings (SSSR count). The first-order valence-corrected chi connectivity index (χ1v) is 8.68. The number of carbonyl (C=O) groups is 2. The zero-order valence-electron chi connectivity index (χ0n) is 15.0. The Morgan fingerprint density at radius 2 is 2.12 bits per heavy atom. The second kappa shape index (κ2) is 7.19. The first-order chi connectivity index (χ1) is 12.4. The zero-order valence-corrected chi connectivity index (χ0v) is 15.0. The van der Waals surface area contributed by atoms with Crippen LogP contribution in [0.5, 0.6) is 5.75 Å². The molecule has 0 spiro atoms. The van der Waals surface area contributed by atoms with E-state index in [1.165, 1.54) is 0 Å². The number of aromatic nitrogens is 2. The molecule has 1 aliphatic rings. The Labute approximate surface area is 151 Å². The maximum Gasteiger partial charge on any atom is 0.306 e. The van der Waals surface area contributed by atoms with Gasteiger partial charge in [-0.05, 0) is 50.3 Å². The van der Waals surface area contributed by atoms with Gasteiger partial charge in [0, 0.05) is 11.3 Å². The second-order valence-electron chi connectivity index (χ2n) is 6.83. The molecule has 0 bridgehead atoms. The van der Waals surface area contributed by atoms with Gasteiger partial charge in [0.2, 0.25) is 0 Å². The van der Waals surface area contributed by atoms with Gasteiger partial charge in [-0.15, -0.1) is 0 Å². The fourth-order valence-corrected chi connectivity index (χ4v) is 3.47. The van der Waals surface area contributed by atoms with Crippen LogP contribution >= 0.6 is 0 Å². The molecule has 0 aliphatic heterocycles. The van der Waals surface area contributed by atoms with Crippen LogP contribution in [0.4, 0.5) is 0 Å². The molecular formula is C19H23N3O4. The minimum Gasteiger partial charge on any atom is -0.497 e. The van der Waals surface area contributed by atoms with E-state index >= 15 is 0 Å². The molecule has 1 unspecified atom stereocenters. The van der Waals surface area contributed by atoms with E-state index in [0.29, 0.717) is 17.0 Å². The summed E-state index contributed by atoms with van der Waals surface area (Å²) in [6.07, 6.45) is 3.55. The van der Waals surface area contributed by atoms with Gasteiger partial charge in [-0.2, -0.15) is 5.10 Å². The standard InChI is InChI=1S/C19H23N3O4/c1-19(11-16(23)24,12-6-5-7-13(10-12)26-2)20-18(25)17-14-8-3-4-9-15(14)21-22-17/h5-7,10H,3-4,8-9,11H2,1-2H3,(H,20,25)(H,21,22)(H,23,24). The van der Waals surface area contributed by atoms with Crippen molar-refractivity contribution in [1.82, 2.24) is 15.5 Å².